The fourth-order valence-electron chi connectivity index (χ4n) is 4.76. The van der Waals surface area contributed by atoms with E-state index in [0.717, 1.165) is 22.5 Å². The van der Waals surface area contributed by atoms with E-state index in [9.17, 15) is 0 Å². The molecule has 7 heteroatoms. The Bertz CT molecular complexity index is 1260. The molecule has 1 spiro atoms. The van der Waals surface area contributed by atoms with E-state index in [4.69, 9.17) is 28.1 Å². The Morgan fingerprint density at radius 1 is 1.08 bits per heavy atom. The minimum atomic E-state index is -2.13. The number of hydrogen-bond donors (Lipinski definition) is 0. The molecule has 2 fully saturated rings. The lowest BCUT2D eigenvalue weighted by Crippen LogP contribution is -2.49. The molecule has 5 rings (SSSR count). The number of benzene rings is 1. The summed E-state index contributed by atoms with van der Waals surface area (Å²) in [5.41, 5.74) is 1.98. The van der Waals surface area contributed by atoms with Crippen molar-refractivity contribution < 1.29 is 28.1 Å². The summed E-state index contributed by atoms with van der Waals surface area (Å²) in [6.07, 6.45) is 2.71. The summed E-state index contributed by atoms with van der Waals surface area (Å²) in [7, 11) is -0.463. The fourth-order valence-corrected chi connectivity index (χ4v) is 5.99. The molecule has 2 aliphatic carbocycles. The molecule has 38 heavy (non-hydrogen) atoms. The molecule has 0 N–H and O–H groups in total. The molecule has 0 saturated carbocycles. The molecule has 2 saturated heterocycles. The van der Waals surface area contributed by atoms with E-state index in [2.05, 4.69) is 63.6 Å². The first-order chi connectivity index (χ1) is 17.8. The van der Waals surface area contributed by atoms with Crippen LogP contribution in [-0.4, -0.2) is 57.8 Å². The van der Waals surface area contributed by atoms with E-state index in [-0.39, 0.29) is 29.5 Å². The summed E-state index contributed by atoms with van der Waals surface area (Å²) in [5.74, 6) is 13.4. The number of hydrogen-bond acceptors (Lipinski definition) is 6. The number of rotatable bonds is 7. The second kappa shape index (κ2) is 9.68. The first kappa shape index (κ1) is 27.2. The van der Waals surface area contributed by atoms with Crippen molar-refractivity contribution in [3.05, 3.63) is 53.1 Å². The molecule has 0 unspecified atom stereocenters. The Kier molecular flexibility index (Phi) is 6.93. The fraction of sp³-hybridized carbons (Fsp3) is 0.548. The Morgan fingerprint density at radius 2 is 1.82 bits per heavy atom. The van der Waals surface area contributed by atoms with Gasteiger partial charge in [0.1, 0.15) is 18.0 Å². The molecule has 0 aromatic heterocycles. The van der Waals surface area contributed by atoms with Gasteiger partial charge in [0.05, 0.1) is 26.4 Å². The SMILES string of the molecule is COc1ccc(CO[C@@H]2[C@@H](O[Si](C)(C)C(C)(C)C)C=C3C#C/C([C@@H]4COC(C)(C)O4)=C\C#C[C@@H]4O[C@@]342)cc1. The zero-order chi connectivity index (χ0) is 27.3. The van der Waals surface area contributed by atoms with E-state index >= 15 is 0 Å². The monoisotopic (exact) mass is 534 g/mol. The van der Waals surface area contributed by atoms with Gasteiger partial charge in [0.25, 0.3) is 0 Å². The smallest absolute Gasteiger partial charge is 0.193 e. The van der Waals surface area contributed by atoms with Gasteiger partial charge in [-0.05, 0) is 55.8 Å². The second-order valence-electron chi connectivity index (χ2n) is 12.2. The zero-order valence-electron chi connectivity index (χ0n) is 23.6. The van der Waals surface area contributed by atoms with Gasteiger partial charge in [-0.15, -0.1) is 0 Å². The zero-order valence-corrected chi connectivity index (χ0v) is 24.6. The Morgan fingerprint density at radius 3 is 2.45 bits per heavy atom. The quantitative estimate of drug-likeness (QED) is 0.274. The van der Waals surface area contributed by atoms with Gasteiger partial charge in [0.15, 0.2) is 25.8 Å². The second-order valence-corrected chi connectivity index (χ2v) is 17.0. The molecule has 0 amide bonds. The molecule has 202 valence electrons. The third-order valence-electron chi connectivity index (χ3n) is 8.08. The van der Waals surface area contributed by atoms with E-state index in [1.807, 2.05) is 44.2 Å². The van der Waals surface area contributed by atoms with Crippen molar-refractivity contribution in [1.29, 1.82) is 0 Å². The van der Waals surface area contributed by atoms with Crippen LogP contribution in [0.2, 0.25) is 18.1 Å². The van der Waals surface area contributed by atoms with Crippen LogP contribution in [0.1, 0.15) is 40.2 Å². The van der Waals surface area contributed by atoms with Gasteiger partial charge < -0.3 is 28.1 Å². The van der Waals surface area contributed by atoms with Gasteiger partial charge in [-0.1, -0.05) is 56.6 Å². The predicted molar refractivity (Wildman–Crippen MR) is 148 cm³/mol. The Balaban J connectivity index is 1.45. The van der Waals surface area contributed by atoms with Crippen LogP contribution in [0.5, 0.6) is 5.75 Å². The molecular weight excluding hydrogens is 496 g/mol. The molecule has 6 nitrogen and oxygen atoms in total. The van der Waals surface area contributed by atoms with E-state index in [1.165, 1.54) is 0 Å². The molecule has 4 aliphatic rings. The number of epoxide rings is 1. The average Bonchev–Trinajstić information content (AvgIpc) is 3.30. The normalized spacial score (nSPS) is 32.5. The van der Waals surface area contributed by atoms with Crippen LogP contribution in [0.25, 0.3) is 0 Å². The van der Waals surface area contributed by atoms with E-state index in [1.54, 1.807) is 7.11 Å². The van der Waals surface area contributed by atoms with Gasteiger partial charge in [0.2, 0.25) is 0 Å². The molecule has 0 bridgehead atoms. The number of allylic oxidation sites excluding steroid dienone is 1. The summed E-state index contributed by atoms with van der Waals surface area (Å²) >= 11 is 0. The highest BCUT2D eigenvalue weighted by atomic mass is 28.4. The average molecular weight is 535 g/mol. The lowest BCUT2D eigenvalue weighted by Gasteiger charge is -2.39. The highest BCUT2D eigenvalue weighted by molar-refractivity contribution is 6.74. The first-order valence-electron chi connectivity index (χ1n) is 13.2. The molecule has 2 heterocycles. The molecule has 1 aromatic carbocycles. The van der Waals surface area contributed by atoms with Crippen LogP contribution < -0.4 is 4.74 Å². The maximum absolute atomic E-state index is 6.91. The lowest BCUT2D eigenvalue weighted by atomic mass is 9.94. The third kappa shape index (κ3) is 5.12. The Hall–Kier alpha value is -2.36. The van der Waals surface area contributed by atoms with Crippen molar-refractivity contribution in [3.63, 3.8) is 0 Å². The van der Waals surface area contributed by atoms with Crippen molar-refractivity contribution >= 4 is 8.32 Å². The van der Waals surface area contributed by atoms with Crippen molar-refractivity contribution in [2.24, 2.45) is 0 Å². The van der Waals surface area contributed by atoms with Gasteiger partial charge in [-0.25, -0.2) is 0 Å². The molecule has 5 atom stereocenters. The lowest BCUT2D eigenvalue weighted by molar-refractivity contribution is -0.133. The van der Waals surface area contributed by atoms with Crippen LogP contribution in [0.4, 0.5) is 0 Å². The molecular formula is C31H38O6Si. The van der Waals surface area contributed by atoms with Gasteiger partial charge in [-0.3, -0.25) is 0 Å². The molecule has 0 radical (unpaired) electrons. The van der Waals surface area contributed by atoms with Gasteiger partial charge in [-0.2, -0.15) is 0 Å². The van der Waals surface area contributed by atoms with Crippen LogP contribution in [0, 0.1) is 23.7 Å². The van der Waals surface area contributed by atoms with Crippen LogP contribution in [0.15, 0.2) is 47.6 Å². The summed E-state index contributed by atoms with van der Waals surface area (Å²) in [5, 5.41) is 0.0422. The number of ether oxygens (including phenoxy) is 5. The summed E-state index contributed by atoms with van der Waals surface area (Å²) < 4.78 is 37.0. The minimum Gasteiger partial charge on any atom is -0.497 e. The summed E-state index contributed by atoms with van der Waals surface area (Å²) in [4.78, 5) is 0. The topological polar surface area (TPSA) is 58.7 Å². The van der Waals surface area contributed by atoms with Crippen molar-refractivity contribution in [3.8, 4) is 29.4 Å². The van der Waals surface area contributed by atoms with Gasteiger partial charge in [0, 0.05) is 17.2 Å². The van der Waals surface area contributed by atoms with Gasteiger partial charge >= 0.3 is 0 Å². The van der Waals surface area contributed by atoms with Crippen molar-refractivity contribution in [2.75, 3.05) is 13.7 Å². The van der Waals surface area contributed by atoms with Crippen LogP contribution in [0.3, 0.4) is 0 Å². The summed E-state index contributed by atoms with van der Waals surface area (Å²) in [6, 6.07) is 7.91. The minimum absolute atomic E-state index is 0.0422. The molecule has 1 aromatic rings. The summed E-state index contributed by atoms with van der Waals surface area (Å²) in [6.45, 7) is 15.9. The van der Waals surface area contributed by atoms with Crippen molar-refractivity contribution in [1.82, 2.24) is 0 Å². The Labute approximate surface area is 227 Å². The third-order valence-corrected chi connectivity index (χ3v) is 12.6. The maximum atomic E-state index is 6.91. The van der Waals surface area contributed by atoms with Crippen LogP contribution in [-0.2, 0) is 30.0 Å². The molecule has 2 aliphatic heterocycles. The predicted octanol–water partition coefficient (Wildman–Crippen LogP) is 5.15. The number of methoxy groups -OCH3 is 1. The van der Waals surface area contributed by atoms with Crippen LogP contribution >= 0.6 is 0 Å². The maximum Gasteiger partial charge on any atom is 0.193 e. The van der Waals surface area contributed by atoms with E-state index < -0.39 is 19.7 Å². The highest BCUT2D eigenvalue weighted by Crippen LogP contribution is 2.54. The highest BCUT2D eigenvalue weighted by Gasteiger charge is 2.69. The van der Waals surface area contributed by atoms with E-state index in [0.29, 0.717) is 13.2 Å². The van der Waals surface area contributed by atoms with Crippen molar-refractivity contribution in [2.45, 2.75) is 95.2 Å². The largest absolute Gasteiger partial charge is 0.497 e. The first-order valence-corrected chi connectivity index (χ1v) is 16.1. The standard InChI is InChI=1S/C31H38O6Si/c1-29(2,3)38(7,8)37-25-18-23-15-14-22(26-20-34-30(4,5)35-26)10-9-11-27-31(23,36-27)28(25)33-19-21-12-16-24(32-6)17-13-21/h10,12-13,16-18,25-28H,19-20H2,1-8H3/b22-10+/t25-,26-,27-,28+,31-/m0/s1.